The van der Waals surface area contributed by atoms with Crippen LogP contribution in [0.25, 0.3) is 11.1 Å². The summed E-state index contributed by atoms with van der Waals surface area (Å²) >= 11 is 7.55. The minimum absolute atomic E-state index is 0.320. The van der Waals surface area contributed by atoms with Crippen molar-refractivity contribution in [2.24, 2.45) is 0 Å². The van der Waals surface area contributed by atoms with E-state index < -0.39 is 5.97 Å². The molecule has 6 heteroatoms. The molecular weight excluding hydrogens is 430 g/mol. The molecule has 0 atom stereocenters. The molecule has 0 aliphatic rings. The number of benzene rings is 2. The maximum atomic E-state index is 13.0. The van der Waals surface area contributed by atoms with Crippen LogP contribution in [0.2, 0.25) is 5.02 Å². The van der Waals surface area contributed by atoms with Crippen LogP contribution in [0, 0.1) is 6.92 Å². The zero-order valence-corrected chi connectivity index (χ0v) is 19.5. The van der Waals surface area contributed by atoms with Crippen molar-refractivity contribution in [3.63, 3.8) is 0 Å². The number of esters is 1. The van der Waals surface area contributed by atoms with Crippen LogP contribution < -0.4 is 5.32 Å². The van der Waals surface area contributed by atoms with Gasteiger partial charge in [-0.15, -0.1) is 11.3 Å². The largest absolute Gasteiger partial charge is 0.462 e. The van der Waals surface area contributed by atoms with Crippen LogP contribution in [0.3, 0.4) is 0 Å². The number of hydrogen-bond donors (Lipinski definition) is 1. The molecule has 2 aromatic carbocycles. The quantitative estimate of drug-likeness (QED) is 0.367. The van der Waals surface area contributed by atoms with Crippen molar-refractivity contribution in [3.8, 4) is 11.1 Å². The highest BCUT2D eigenvalue weighted by Crippen LogP contribution is 2.41. The highest BCUT2D eigenvalue weighted by atomic mass is 35.5. The van der Waals surface area contributed by atoms with Crippen LogP contribution in [0.15, 0.2) is 48.5 Å². The van der Waals surface area contributed by atoms with Crippen LogP contribution in [0.5, 0.6) is 0 Å². The summed E-state index contributed by atoms with van der Waals surface area (Å²) in [4.78, 5) is 26.8. The van der Waals surface area contributed by atoms with Gasteiger partial charge in [0.25, 0.3) is 5.91 Å². The van der Waals surface area contributed by atoms with Crippen LogP contribution in [-0.4, -0.2) is 18.5 Å². The predicted octanol–water partition coefficient (Wildman–Crippen LogP) is 7.15. The number of amides is 1. The van der Waals surface area contributed by atoms with Gasteiger partial charge in [0.15, 0.2) is 0 Å². The minimum atomic E-state index is -0.437. The average Bonchev–Trinajstić information content (AvgIpc) is 3.08. The van der Waals surface area contributed by atoms with Crippen molar-refractivity contribution >= 4 is 39.8 Å². The van der Waals surface area contributed by atoms with Gasteiger partial charge in [0.1, 0.15) is 10.6 Å². The summed E-state index contributed by atoms with van der Waals surface area (Å²) in [5.41, 5.74) is 3.72. The second-order valence-corrected chi connectivity index (χ2v) is 8.89. The molecule has 0 fully saturated rings. The summed E-state index contributed by atoms with van der Waals surface area (Å²) in [6.45, 7) is 6.36. The van der Waals surface area contributed by atoms with Crippen LogP contribution in [0.1, 0.15) is 57.8 Å². The zero-order valence-electron chi connectivity index (χ0n) is 18.0. The van der Waals surface area contributed by atoms with Gasteiger partial charge in [0.2, 0.25) is 0 Å². The number of hydrogen-bond acceptors (Lipinski definition) is 4. The highest BCUT2D eigenvalue weighted by molar-refractivity contribution is 7.17. The topological polar surface area (TPSA) is 55.4 Å². The lowest BCUT2D eigenvalue weighted by molar-refractivity contribution is 0.0507. The molecule has 1 heterocycles. The molecular formula is C25H26ClNO3S. The number of aryl methyl sites for hydroxylation is 2. The number of thiophene rings is 1. The molecule has 0 saturated carbocycles. The maximum absolute atomic E-state index is 13.0. The zero-order chi connectivity index (χ0) is 22.4. The Hall–Kier alpha value is -2.63. The van der Waals surface area contributed by atoms with Gasteiger partial charge in [-0.3, -0.25) is 4.79 Å². The van der Waals surface area contributed by atoms with Gasteiger partial charge in [0, 0.05) is 10.4 Å². The summed E-state index contributed by atoms with van der Waals surface area (Å²) < 4.78 is 5.46. The van der Waals surface area contributed by atoms with Gasteiger partial charge in [-0.2, -0.15) is 0 Å². The van der Waals surface area contributed by atoms with E-state index in [4.69, 9.17) is 16.3 Å². The second-order valence-electron chi connectivity index (χ2n) is 7.25. The van der Waals surface area contributed by atoms with Crippen molar-refractivity contribution in [2.45, 2.75) is 40.0 Å². The Morgan fingerprint density at radius 1 is 1.03 bits per heavy atom. The SMILES string of the molecule is CCCOC(=O)c1c(NC(=O)c2ccccc2Cl)sc(C)c1-c1ccc(CCC)cc1. The van der Waals surface area contributed by atoms with Gasteiger partial charge in [-0.1, -0.05) is 68.3 Å². The molecule has 1 N–H and O–H groups in total. The summed E-state index contributed by atoms with van der Waals surface area (Å²) in [5, 5.41) is 3.71. The molecule has 1 amide bonds. The Morgan fingerprint density at radius 3 is 2.39 bits per heavy atom. The Morgan fingerprint density at radius 2 is 1.74 bits per heavy atom. The lowest BCUT2D eigenvalue weighted by Crippen LogP contribution is -2.15. The fourth-order valence-corrected chi connectivity index (χ4v) is 4.67. The highest BCUT2D eigenvalue weighted by Gasteiger charge is 2.26. The van der Waals surface area contributed by atoms with E-state index in [0.717, 1.165) is 35.3 Å². The average molecular weight is 456 g/mol. The molecule has 3 rings (SSSR count). The van der Waals surface area contributed by atoms with E-state index in [9.17, 15) is 9.59 Å². The van der Waals surface area contributed by atoms with E-state index in [1.165, 1.54) is 16.9 Å². The smallest absolute Gasteiger partial charge is 0.341 e. The standard InChI is InChI=1S/C25H26ClNO3S/c1-4-8-17-11-13-18(14-12-17)21-16(3)31-24(22(21)25(29)30-15-5-2)27-23(28)19-9-6-7-10-20(19)26/h6-7,9-14H,4-5,8,15H2,1-3H3,(H,27,28). The van der Waals surface area contributed by atoms with E-state index >= 15 is 0 Å². The second kappa shape index (κ2) is 10.6. The first-order valence-corrected chi connectivity index (χ1v) is 11.6. The van der Waals surface area contributed by atoms with Crippen molar-refractivity contribution in [3.05, 3.63) is 75.1 Å². The van der Waals surface area contributed by atoms with E-state index in [0.29, 0.717) is 27.8 Å². The number of anilines is 1. The molecule has 4 nitrogen and oxygen atoms in total. The fraction of sp³-hybridized carbons (Fsp3) is 0.280. The fourth-order valence-electron chi connectivity index (χ4n) is 3.38. The first-order valence-electron chi connectivity index (χ1n) is 10.4. The van der Waals surface area contributed by atoms with E-state index in [1.54, 1.807) is 24.3 Å². The molecule has 3 aromatic rings. The predicted molar refractivity (Wildman–Crippen MR) is 128 cm³/mol. The Labute approximate surface area is 192 Å². The molecule has 162 valence electrons. The summed E-state index contributed by atoms with van der Waals surface area (Å²) in [7, 11) is 0. The first kappa shape index (κ1) is 23.0. The number of halogens is 1. The summed E-state index contributed by atoms with van der Waals surface area (Å²) in [6.07, 6.45) is 2.80. The summed E-state index contributed by atoms with van der Waals surface area (Å²) in [5.74, 6) is -0.797. The lowest BCUT2D eigenvalue weighted by Gasteiger charge is -2.11. The molecule has 0 bridgehead atoms. The van der Waals surface area contributed by atoms with E-state index in [2.05, 4.69) is 24.4 Å². The van der Waals surface area contributed by atoms with Crippen LogP contribution in [-0.2, 0) is 11.2 Å². The number of nitrogens with one attached hydrogen (secondary N) is 1. The maximum Gasteiger partial charge on any atom is 0.341 e. The van der Waals surface area contributed by atoms with Crippen LogP contribution in [0.4, 0.5) is 5.00 Å². The number of carbonyl (C=O) groups excluding carboxylic acids is 2. The third-order valence-corrected chi connectivity index (χ3v) is 6.20. The normalized spacial score (nSPS) is 10.7. The molecule has 0 aliphatic carbocycles. The number of rotatable bonds is 8. The molecule has 0 aliphatic heterocycles. The van der Waals surface area contributed by atoms with Crippen molar-refractivity contribution in [1.29, 1.82) is 0 Å². The molecule has 0 saturated heterocycles. The third-order valence-electron chi connectivity index (χ3n) is 4.85. The molecule has 1 aromatic heterocycles. The molecule has 31 heavy (non-hydrogen) atoms. The van der Waals surface area contributed by atoms with Crippen molar-refractivity contribution in [2.75, 3.05) is 11.9 Å². The minimum Gasteiger partial charge on any atom is -0.462 e. The van der Waals surface area contributed by atoms with Gasteiger partial charge in [0.05, 0.1) is 17.2 Å². The van der Waals surface area contributed by atoms with E-state index in [-0.39, 0.29) is 5.91 Å². The Bertz CT molecular complexity index is 1070. The molecule has 0 radical (unpaired) electrons. The van der Waals surface area contributed by atoms with Crippen LogP contribution >= 0.6 is 22.9 Å². The monoisotopic (exact) mass is 455 g/mol. The Balaban J connectivity index is 2.03. The molecule has 0 spiro atoms. The van der Waals surface area contributed by atoms with Gasteiger partial charge >= 0.3 is 5.97 Å². The van der Waals surface area contributed by atoms with E-state index in [1.807, 2.05) is 26.0 Å². The van der Waals surface area contributed by atoms with Crippen molar-refractivity contribution in [1.82, 2.24) is 0 Å². The van der Waals surface area contributed by atoms with Gasteiger partial charge < -0.3 is 10.1 Å². The van der Waals surface area contributed by atoms with Gasteiger partial charge in [-0.25, -0.2) is 4.79 Å². The first-order chi connectivity index (χ1) is 15.0. The molecule has 0 unspecified atom stereocenters. The van der Waals surface area contributed by atoms with Crippen molar-refractivity contribution < 1.29 is 14.3 Å². The lowest BCUT2D eigenvalue weighted by atomic mass is 9.99. The number of ether oxygens (including phenoxy) is 1. The van der Waals surface area contributed by atoms with Gasteiger partial charge in [-0.05, 0) is 43.0 Å². The Kier molecular flexibility index (Phi) is 7.88. The number of carbonyl (C=O) groups is 2. The summed E-state index contributed by atoms with van der Waals surface area (Å²) in [6, 6.07) is 15.0. The third kappa shape index (κ3) is 5.35.